The topological polar surface area (TPSA) is 106 Å². The van der Waals surface area contributed by atoms with Crippen LogP contribution >= 0.6 is 11.6 Å². The zero-order valence-electron chi connectivity index (χ0n) is 19.2. The van der Waals surface area contributed by atoms with Crippen LogP contribution < -0.4 is 9.62 Å². The number of rotatable bonds is 5. The van der Waals surface area contributed by atoms with E-state index in [1.165, 1.54) is 0 Å². The maximum atomic E-state index is 13.5. The molecule has 1 aliphatic heterocycles. The molecule has 0 spiro atoms. The third-order valence-corrected chi connectivity index (χ3v) is 8.00. The summed E-state index contributed by atoms with van der Waals surface area (Å²) in [7, 11) is -4.10. The van der Waals surface area contributed by atoms with Gasteiger partial charge in [0, 0.05) is 13.1 Å². The summed E-state index contributed by atoms with van der Waals surface area (Å²) in [6, 6.07) is 14.8. The number of aromatic nitrogens is 1. The van der Waals surface area contributed by atoms with Gasteiger partial charge in [0.2, 0.25) is 0 Å². The molecule has 0 radical (unpaired) electrons. The molecule has 3 aromatic rings. The highest BCUT2D eigenvalue weighted by Gasteiger charge is 2.35. The van der Waals surface area contributed by atoms with E-state index in [9.17, 15) is 23.2 Å². The molecule has 1 fully saturated rings. The normalized spacial score (nSPS) is 15.5. The average molecular weight is 515 g/mol. The third-order valence-electron chi connectivity index (χ3n) is 6.36. The first kappa shape index (κ1) is 24.9. The van der Waals surface area contributed by atoms with Crippen LogP contribution in [0.1, 0.15) is 35.2 Å². The van der Waals surface area contributed by atoms with Crippen molar-refractivity contribution in [2.45, 2.75) is 37.2 Å². The number of pyridine rings is 1. The van der Waals surface area contributed by atoms with E-state index in [2.05, 4.69) is 15.8 Å². The molecule has 1 aromatic heterocycles. The van der Waals surface area contributed by atoms with Crippen LogP contribution in [-0.2, 0) is 15.6 Å². The van der Waals surface area contributed by atoms with E-state index in [1.54, 1.807) is 13.8 Å². The maximum Gasteiger partial charge on any atom is 0.262 e. The molecule has 0 amide bonds. The van der Waals surface area contributed by atoms with Crippen LogP contribution in [0.25, 0.3) is 0 Å². The first-order chi connectivity index (χ1) is 16.6. The van der Waals surface area contributed by atoms with E-state index >= 15 is 0 Å². The van der Waals surface area contributed by atoms with Gasteiger partial charge in [-0.1, -0.05) is 41.9 Å². The fourth-order valence-electron chi connectivity index (χ4n) is 4.31. The Kier molecular flexibility index (Phi) is 6.73. The Balaban J connectivity index is 1.62. The number of nitrogens with one attached hydrogen (secondary N) is 1. The van der Waals surface area contributed by atoms with E-state index in [1.807, 2.05) is 35.2 Å². The highest BCUT2D eigenvalue weighted by molar-refractivity contribution is 7.92. The van der Waals surface area contributed by atoms with Crippen LogP contribution in [0.15, 0.2) is 53.4 Å². The number of hydrogen-bond donors (Lipinski definition) is 2. The van der Waals surface area contributed by atoms with Gasteiger partial charge < -0.3 is 10.0 Å². The van der Waals surface area contributed by atoms with Crippen LogP contribution in [0.5, 0.6) is 0 Å². The average Bonchev–Trinajstić information content (AvgIpc) is 2.84. The number of nitrogens with zero attached hydrogens (tertiary/aromatic N) is 3. The molecule has 0 saturated carbocycles. The van der Waals surface area contributed by atoms with Crippen molar-refractivity contribution in [2.24, 2.45) is 0 Å². The van der Waals surface area contributed by atoms with Gasteiger partial charge in [-0.05, 0) is 56.0 Å². The summed E-state index contributed by atoms with van der Waals surface area (Å²) < 4.78 is 41.8. The minimum Gasteiger partial charge on any atom is -0.385 e. The Morgan fingerprint density at radius 2 is 1.83 bits per heavy atom. The van der Waals surface area contributed by atoms with Gasteiger partial charge in [-0.25, -0.2) is 17.8 Å². The molecule has 182 valence electrons. The smallest absolute Gasteiger partial charge is 0.262 e. The summed E-state index contributed by atoms with van der Waals surface area (Å²) in [5.74, 6) is -0.276. The van der Waals surface area contributed by atoms with Crippen molar-refractivity contribution in [3.05, 3.63) is 81.8 Å². The predicted octanol–water partition coefficient (Wildman–Crippen LogP) is 4.65. The minimum atomic E-state index is -4.10. The zero-order chi connectivity index (χ0) is 25.4. The summed E-state index contributed by atoms with van der Waals surface area (Å²) in [6.07, 6.45) is 0.919. The van der Waals surface area contributed by atoms with Crippen LogP contribution in [0, 0.1) is 31.0 Å². The second-order valence-electron chi connectivity index (χ2n) is 8.57. The first-order valence-electron chi connectivity index (χ1n) is 11.0. The Labute approximate surface area is 208 Å². The third kappa shape index (κ3) is 4.82. The van der Waals surface area contributed by atoms with Crippen LogP contribution in [-0.4, -0.2) is 31.6 Å². The summed E-state index contributed by atoms with van der Waals surface area (Å²) in [5.41, 5.74) is 1.14. The Morgan fingerprint density at radius 1 is 1.17 bits per heavy atom. The molecule has 1 saturated heterocycles. The Hall–Kier alpha value is -3.19. The fourth-order valence-corrected chi connectivity index (χ4v) is 5.76. The molecule has 7 nitrogen and oxygen atoms in total. The summed E-state index contributed by atoms with van der Waals surface area (Å²) in [6.45, 7) is 4.25. The molecule has 2 N–H and O–H groups in total. The largest absolute Gasteiger partial charge is 0.385 e. The molecular formula is C25H24ClFN4O3S. The van der Waals surface area contributed by atoms with Crippen LogP contribution in [0.3, 0.4) is 0 Å². The summed E-state index contributed by atoms with van der Waals surface area (Å²) >= 11 is 5.75. The highest BCUT2D eigenvalue weighted by atomic mass is 35.5. The quantitative estimate of drug-likeness (QED) is 0.513. The van der Waals surface area contributed by atoms with Crippen molar-refractivity contribution in [3.63, 3.8) is 0 Å². The van der Waals surface area contributed by atoms with Crippen molar-refractivity contribution in [1.29, 1.82) is 5.26 Å². The van der Waals surface area contributed by atoms with Crippen LogP contribution in [0.2, 0.25) is 5.02 Å². The lowest BCUT2D eigenvalue weighted by atomic mass is 9.84. The molecule has 0 bridgehead atoms. The number of halogens is 2. The summed E-state index contributed by atoms with van der Waals surface area (Å²) in [4.78, 5) is 6.30. The second kappa shape index (κ2) is 9.46. The number of aliphatic hydroxyl groups is 1. The van der Waals surface area contributed by atoms with E-state index in [-0.39, 0.29) is 21.2 Å². The van der Waals surface area contributed by atoms with Gasteiger partial charge in [-0.15, -0.1) is 0 Å². The van der Waals surface area contributed by atoms with Crippen molar-refractivity contribution < 1.29 is 17.9 Å². The van der Waals surface area contributed by atoms with Gasteiger partial charge in [0.05, 0.1) is 32.5 Å². The maximum absolute atomic E-state index is 13.5. The Bertz CT molecular complexity index is 1420. The van der Waals surface area contributed by atoms with E-state index in [4.69, 9.17) is 11.6 Å². The highest BCUT2D eigenvalue weighted by Crippen LogP contribution is 2.37. The van der Waals surface area contributed by atoms with E-state index in [0.717, 1.165) is 23.8 Å². The van der Waals surface area contributed by atoms with Gasteiger partial charge in [0.25, 0.3) is 10.0 Å². The van der Waals surface area contributed by atoms with Gasteiger partial charge in [-0.2, -0.15) is 5.26 Å². The monoisotopic (exact) mass is 514 g/mol. The number of hydrogen-bond acceptors (Lipinski definition) is 6. The number of piperidine rings is 1. The lowest BCUT2D eigenvalue weighted by Gasteiger charge is -2.39. The summed E-state index contributed by atoms with van der Waals surface area (Å²) in [5, 5.41) is 20.7. The Morgan fingerprint density at radius 3 is 2.43 bits per heavy atom. The van der Waals surface area contributed by atoms with Crippen molar-refractivity contribution in [3.8, 4) is 6.07 Å². The van der Waals surface area contributed by atoms with Crippen molar-refractivity contribution >= 4 is 33.1 Å². The van der Waals surface area contributed by atoms with Crippen molar-refractivity contribution in [1.82, 2.24) is 4.98 Å². The molecule has 2 heterocycles. The van der Waals surface area contributed by atoms with Gasteiger partial charge in [0.1, 0.15) is 17.7 Å². The van der Waals surface area contributed by atoms with Gasteiger partial charge >= 0.3 is 0 Å². The lowest BCUT2D eigenvalue weighted by molar-refractivity contribution is 0.0116. The molecule has 4 rings (SSSR count). The number of sulfonamides is 1. The molecule has 1 aliphatic rings. The van der Waals surface area contributed by atoms with Gasteiger partial charge in [-0.3, -0.25) is 4.72 Å². The van der Waals surface area contributed by atoms with Crippen LogP contribution in [0.4, 0.5) is 15.9 Å². The molecular weight excluding hydrogens is 491 g/mol. The van der Waals surface area contributed by atoms with E-state index < -0.39 is 21.4 Å². The standard InChI is InChI=1S/C25H24ClFN4O3S/c1-16-20(15-28)24(31-12-10-25(32,11-13-31)18-6-4-3-5-7-18)29-17(2)23(16)30-35(33,34)19-8-9-22(27)21(26)14-19/h3-9,14,30,32H,10-13H2,1-2H3. The molecule has 0 unspecified atom stereocenters. The molecule has 10 heteroatoms. The van der Waals surface area contributed by atoms with Crippen molar-refractivity contribution in [2.75, 3.05) is 22.7 Å². The zero-order valence-corrected chi connectivity index (χ0v) is 20.8. The molecule has 0 aliphatic carbocycles. The molecule has 0 atom stereocenters. The first-order valence-corrected chi connectivity index (χ1v) is 12.8. The minimum absolute atomic E-state index is 0.184. The van der Waals surface area contributed by atoms with E-state index in [0.29, 0.717) is 43.0 Å². The number of anilines is 2. The predicted molar refractivity (Wildman–Crippen MR) is 132 cm³/mol. The molecule has 35 heavy (non-hydrogen) atoms. The SMILES string of the molecule is Cc1nc(N2CCC(O)(c3ccccc3)CC2)c(C#N)c(C)c1NS(=O)(=O)c1ccc(F)c(Cl)c1. The lowest BCUT2D eigenvalue weighted by Crippen LogP contribution is -2.43. The fraction of sp³-hybridized carbons (Fsp3) is 0.280. The second-order valence-corrected chi connectivity index (χ2v) is 10.7. The number of nitriles is 1. The number of benzene rings is 2. The molecule has 2 aromatic carbocycles. The van der Waals surface area contributed by atoms with Gasteiger partial charge in [0.15, 0.2) is 0 Å². The number of aryl methyl sites for hydroxylation is 1.